The van der Waals surface area contributed by atoms with E-state index >= 15 is 0 Å². The normalized spacial score (nSPS) is 23.9. The second kappa shape index (κ2) is 9.78. The summed E-state index contributed by atoms with van der Waals surface area (Å²) in [6.45, 7) is 0.0922. The van der Waals surface area contributed by atoms with E-state index in [2.05, 4.69) is 10.6 Å². The van der Waals surface area contributed by atoms with Gasteiger partial charge in [-0.25, -0.2) is 8.42 Å². The van der Waals surface area contributed by atoms with Gasteiger partial charge in [-0.05, 0) is 6.42 Å². The van der Waals surface area contributed by atoms with Crippen molar-refractivity contribution < 1.29 is 33.0 Å². The molecule has 1 rings (SSSR count). The third-order valence-electron chi connectivity index (χ3n) is 3.99. The van der Waals surface area contributed by atoms with Crippen molar-refractivity contribution in [1.29, 1.82) is 0 Å². The van der Waals surface area contributed by atoms with Gasteiger partial charge in [0.15, 0.2) is 0 Å². The zero-order valence-corrected chi connectivity index (χ0v) is 15.7. The predicted molar refractivity (Wildman–Crippen MR) is 95.8 cm³/mol. The first-order valence-corrected chi connectivity index (χ1v) is 10.3. The molecule has 8 N–H and O–H groups in total. The molecule has 0 saturated heterocycles. The van der Waals surface area contributed by atoms with E-state index in [0.29, 0.717) is 0 Å². The number of amides is 3. The fourth-order valence-electron chi connectivity index (χ4n) is 2.52. The van der Waals surface area contributed by atoms with Gasteiger partial charge in [0, 0.05) is 31.2 Å². The molecule has 1 aliphatic carbocycles. The lowest BCUT2D eigenvalue weighted by Gasteiger charge is -2.31. The first-order valence-electron chi connectivity index (χ1n) is 8.28. The molecule has 0 radical (unpaired) electrons. The van der Waals surface area contributed by atoms with Crippen molar-refractivity contribution in [3.8, 4) is 0 Å². The summed E-state index contributed by atoms with van der Waals surface area (Å²) >= 11 is 0. The molecule has 0 aromatic heterocycles. The average molecular weight is 406 g/mol. The lowest BCUT2D eigenvalue weighted by Crippen LogP contribution is -2.52. The van der Waals surface area contributed by atoms with Crippen molar-refractivity contribution in [3.63, 3.8) is 0 Å². The van der Waals surface area contributed by atoms with Gasteiger partial charge in [-0.2, -0.15) is 0 Å². The number of rotatable bonds is 9. The zero-order chi connectivity index (χ0) is 20.8. The smallest absolute Gasteiger partial charge is 0.247 e. The molecule has 0 aromatic rings. The Kier molecular flexibility index (Phi) is 8.34. The molecule has 4 atom stereocenters. The van der Waals surface area contributed by atoms with Gasteiger partial charge < -0.3 is 32.3 Å². The molecule has 0 aliphatic heterocycles. The highest BCUT2D eigenvalue weighted by atomic mass is 32.2. The molecule has 12 heteroatoms. The Bertz CT molecular complexity index is 707. The second-order valence-corrected chi connectivity index (χ2v) is 8.69. The topological polar surface area (TPSA) is 202 Å². The molecular weight excluding hydrogens is 380 g/mol. The number of aliphatic hydroxyl groups excluding tert-OH is 2. The minimum absolute atomic E-state index is 0.00389. The van der Waals surface area contributed by atoms with Crippen molar-refractivity contribution in [2.75, 3.05) is 18.6 Å². The number of hydrogen-bond acceptors (Lipinski definition) is 8. The molecule has 3 amide bonds. The lowest BCUT2D eigenvalue weighted by molar-refractivity contribution is -0.126. The summed E-state index contributed by atoms with van der Waals surface area (Å²) < 4.78 is 22.5. The summed E-state index contributed by atoms with van der Waals surface area (Å²) in [7, 11) is -3.36. The fraction of sp³-hybridized carbons (Fsp3) is 0.667. The largest absolute Gasteiger partial charge is 0.390 e. The van der Waals surface area contributed by atoms with Gasteiger partial charge in [0.2, 0.25) is 17.7 Å². The number of nitrogens with two attached hydrogens (primary N) is 2. The van der Waals surface area contributed by atoms with E-state index < -0.39 is 51.9 Å². The van der Waals surface area contributed by atoms with E-state index in [1.54, 1.807) is 0 Å². The summed E-state index contributed by atoms with van der Waals surface area (Å²) in [4.78, 5) is 35.5. The average Bonchev–Trinajstić information content (AvgIpc) is 2.54. The van der Waals surface area contributed by atoms with Crippen LogP contribution in [0.25, 0.3) is 0 Å². The van der Waals surface area contributed by atoms with Crippen LogP contribution in [0, 0.1) is 0 Å². The zero-order valence-electron chi connectivity index (χ0n) is 14.9. The predicted octanol–water partition coefficient (Wildman–Crippen LogP) is -3.72. The van der Waals surface area contributed by atoms with Crippen LogP contribution in [-0.4, -0.2) is 79.2 Å². The van der Waals surface area contributed by atoms with Gasteiger partial charge in [0.05, 0.1) is 17.9 Å². The number of hydrogen-bond donors (Lipinski definition) is 6. The third kappa shape index (κ3) is 7.62. The van der Waals surface area contributed by atoms with Crippen LogP contribution in [0.3, 0.4) is 0 Å². The molecule has 0 bridgehead atoms. The number of aliphatic hydroxyl groups is 2. The van der Waals surface area contributed by atoms with Crippen LogP contribution in [0.4, 0.5) is 0 Å². The van der Waals surface area contributed by atoms with E-state index in [-0.39, 0.29) is 37.1 Å². The molecule has 154 valence electrons. The Morgan fingerprint density at radius 3 is 2.48 bits per heavy atom. The molecule has 0 saturated carbocycles. The van der Waals surface area contributed by atoms with Crippen LogP contribution in [0.1, 0.15) is 19.3 Å². The fourth-order valence-corrected chi connectivity index (χ4v) is 3.19. The Hall–Kier alpha value is -2.02. The molecular formula is C15H26N4O7S. The Morgan fingerprint density at radius 2 is 1.96 bits per heavy atom. The van der Waals surface area contributed by atoms with Crippen LogP contribution in [0.15, 0.2) is 11.6 Å². The lowest BCUT2D eigenvalue weighted by atomic mass is 9.89. The maximum atomic E-state index is 12.4. The van der Waals surface area contributed by atoms with Gasteiger partial charge in [0.1, 0.15) is 22.0 Å². The van der Waals surface area contributed by atoms with E-state index in [9.17, 15) is 33.0 Å². The van der Waals surface area contributed by atoms with Crippen molar-refractivity contribution in [2.45, 2.75) is 43.6 Å². The van der Waals surface area contributed by atoms with E-state index in [1.807, 2.05) is 0 Å². The summed E-state index contributed by atoms with van der Waals surface area (Å²) in [5, 5.41) is 24.7. The number of carbonyl (C=O) groups excluding carboxylic acids is 3. The Balaban J connectivity index is 2.88. The Morgan fingerprint density at radius 1 is 1.33 bits per heavy atom. The van der Waals surface area contributed by atoms with Crippen molar-refractivity contribution in [1.82, 2.24) is 10.6 Å². The summed E-state index contributed by atoms with van der Waals surface area (Å²) in [5.41, 5.74) is 10.5. The standard InChI is InChI=1S/C15H26N4O7S/c1-27(25,26)5-3-9(14(17)23)19-15(24)8-6-10(13(22)11(20)7-8)18-12(21)2-4-16/h6,9-11,13,20,22H,2-5,7,16H2,1H3,(H2,17,23)(H,18,21)(H,19,24)/t9-,10+,11+,13+/m0/s1. The van der Waals surface area contributed by atoms with Crippen molar-refractivity contribution >= 4 is 27.6 Å². The van der Waals surface area contributed by atoms with E-state index in [0.717, 1.165) is 6.26 Å². The highest BCUT2D eigenvalue weighted by Crippen LogP contribution is 2.20. The van der Waals surface area contributed by atoms with Crippen molar-refractivity contribution in [3.05, 3.63) is 11.6 Å². The molecule has 0 heterocycles. The van der Waals surface area contributed by atoms with E-state index in [1.165, 1.54) is 6.08 Å². The number of primary amides is 1. The van der Waals surface area contributed by atoms with Crippen LogP contribution in [0.2, 0.25) is 0 Å². The van der Waals surface area contributed by atoms with Crippen LogP contribution < -0.4 is 22.1 Å². The molecule has 11 nitrogen and oxygen atoms in total. The molecule has 1 aliphatic rings. The summed E-state index contributed by atoms with van der Waals surface area (Å²) in [5.74, 6) is -2.47. The maximum Gasteiger partial charge on any atom is 0.247 e. The minimum atomic E-state index is -3.36. The van der Waals surface area contributed by atoms with E-state index in [4.69, 9.17) is 11.5 Å². The van der Waals surface area contributed by atoms with Gasteiger partial charge in [-0.1, -0.05) is 6.08 Å². The highest BCUT2D eigenvalue weighted by molar-refractivity contribution is 7.90. The van der Waals surface area contributed by atoms with Crippen LogP contribution >= 0.6 is 0 Å². The number of sulfone groups is 1. The molecule has 27 heavy (non-hydrogen) atoms. The monoisotopic (exact) mass is 406 g/mol. The number of nitrogens with one attached hydrogen (secondary N) is 2. The molecule has 0 fully saturated rings. The SMILES string of the molecule is CS(=O)(=O)CC[C@H](NC(=O)C1=C[C@@H](NC(=O)CCN)[C@@H](O)[C@H](O)C1)C(N)=O. The van der Waals surface area contributed by atoms with Crippen molar-refractivity contribution in [2.24, 2.45) is 11.5 Å². The van der Waals surface area contributed by atoms with Crippen LogP contribution in [0.5, 0.6) is 0 Å². The first-order chi connectivity index (χ1) is 12.4. The molecule has 0 spiro atoms. The van der Waals surface area contributed by atoms with Crippen LogP contribution in [-0.2, 0) is 24.2 Å². The summed E-state index contributed by atoms with van der Waals surface area (Å²) in [6, 6.07) is -2.24. The Labute approximate surface area is 157 Å². The van der Waals surface area contributed by atoms with Gasteiger partial charge in [0.25, 0.3) is 0 Å². The third-order valence-corrected chi connectivity index (χ3v) is 4.97. The van der Waals surface area contributed by atoms with Gasteiger partial charge in [-0.3, -0.25) is 14.4 Å². The minimum Gasteiger partial charge on any atom is -0.390 e. The summed E-state index contributed by atoms with van der Waals surface area (Å²) in [6.07, 6.45) is -0.784. The first kappa shape index (κ1) is 23.0. The maximum absolute atomic E-state index is 12.4. The van der Waals surface area contributed by atoms with Gasteiger partial charge in [-0.15, -0.1) is 0 Å². The number of carbonyl (C=O) groups is 3. The second-order valence-electron chi connectivity index (χ2n) is 6.43. The quantitative estimate of drug-likeness (QED) is 0.224. The van der Waals surface area contributed by atoms with Gasteiger partial charge >= 0.3 is 0 Å². The highest BCUT2D eigenvalue weighted by Gasteiger charge is 2.34. The molecule has 0 unspecified atom stereocenters. The molecule has 0 aromatic carbocycles.